The van der Waals surface area contributed by atoms with Gasteiger partial charge in [0.25, 0.3) is 0 Å². The van der Waals surface area contributed by atoms with Crippen LogP contribution in [0.3, 0.4) is 0 Å². The van der Waals surface area contributed by atoms with Crippen LogP contribution in [0.5, 0.6) is 0 Å². The van der Waals surface area contributed by atoms with Gasteiger partial charge in [0.1, 0.15) is 0 Å². The molecular formula is C38H22N4. The van der Waals surface area contributed by atoms with Gasteiger partial charge < -0.3 is 9.13 Å². The van der Waals surface area contributed by atoms with Crippen molar-refractivity contribution in [3.8, 4) is 34.6 Å². The summed E-state index contributed by atoms with van der Waals surface area (Å²) in [6.45, 7) is 0. The van der Waals surface area contributed by atoms with Crippen LogP contribution in [0, 0.1) is 22.7 Å². The summed E-state index contributed by atoms with van der Waals surface area (Å²) in [5.74, 6) is 0. The minimum atomic E-state index is 0.513. The molecule has 0 amide bonds. The Bertz CT molecular complexity index is 2280. The molecule has 0 aliphatic carbocycles. The molecule has 4 heteroatoms. The summed E-state index contributed by atoms with van der Waals surface area (Å²) in [5.41, 5.74) is 8.93. The van der Waals surface area contributed by atoms with Crippen molar-refractivity contribution in [2.45, 2.75) is 0 Å². The summed E-state index contributed by atoms with van der Waals surface area (Å²) in [6.07, 6.45) is 0. The van der Waals surface area contributed by atoms with E-state index in [-0.39, 0.29) is 0 Å². The lowest BCUT2D eigenvalue weighted by Crippen LogP contribution is -2.00. The lowest BCUT2D eigenvalue weighted by molar-refractivity contribution is 1.16. The van der Waals surface area contributed by atoms with E-state index in [0.717, 1.165) is 66.1 Å². The summed E-state index contributed by atoms with van der Waals surface area (Å²) in [7, 11) is 0. The monoisotopic (exact) mass is 534 g/mol. The van der Waals surface area contributed by atoms with Crippen LogP contribution in [-0.2, 0) is 0 Å². The maximum absolute atomic E-state index is 10.4. The summed E-state index contributed by atoms with van der Waals surface area (Å²) in [4.78, 5) is 0. The molecule has 0 radical (unpaired) electrons. The van der Waals surface area contributed by atoms with E-state index in [1.807, 2.05) is 42.5 Å². The van der Waals surface area contributed by atoms with E-state index in [2.05, 4.69) is 100 Å². The predicted molar refractivity (Wildman–Crippen MR) is 170 cm³/mol. The van der Waals surface area contributed by atoms with E-state index < -0.39 is 0 Å². The number of hydrogen-bond acceptors (Lipinski definition) is 2. The molecule has 8 aromatic rings. The van der Waals surface area contributed by atoms with Crippen molar-refractivity contribution in [3.05, 3.63) is 145 Å². The quantitative estimate of drug-likeness (QED) is 0.227. The van der Waals surface area contributed by atoms with Gasteiger partial charge >= 0.3 is 0 Å². The number of nitriles is 2. The first kappa shape index (κ1) is 23.8. The van der Waals surface area contributed by atoms with Crippen LogP contribution in [0.4, 0.5) is 0 Å². The average molecular weight is 535 g/mol. The number of fused-ring (bicyclic) bond motifs is 6. The van der Waals surface area contributed by atoms with Gasteiger partial charge in [0.15, 0.2) is 0 Å². The first-order valence-corrected chi connectivity index (χ1v) is 13.8. The zero-order valence-electron chi connectivity index (χ0n) is 22.5. The van der Waals surface area contributed by atoms with Crippen molar-refractivity contribution in [2.75, 3.05) is 0 Å². The van der Waals surface area contributed by atoms with Gasteiger partial charge in [-0.25, -0.2) is 0 Å². The fourth-order valence-corrected chi connectivity index (χ4v) is 6.44. The van der Waals surface area contributed by atoms with Gasteiger partial charge in [-0.05, 0) is 60.7 Å². The molecule has 4 nitrogen and oxygen atoms in total. The molecule has 194 valence electrons. The number of rotatable bonds is 3. The molecule has 0 saturated carbocycles. The molecule has 2 heterocycles. The molecule has 2 aromatic heterocycles. The molecule has 8 rings (SSSR count). The Hall–Kier alpha value is -6.10. The maximum atomic E-state index is 10.4. The highest BCUT2D eigenvalue weighted by Gasteiger charge is 2.25. The van der Waals surface area contributed by atoms with E-state index in [0.29, 0.717) is 11.1 Å². The molecule has 0 aliphatic heterocycles. The van der Waals surface area contributed by atoms with Crippen LogP contribution in [-0.4, -0.2) is 9.13 Å². The summed E-state index contributed by atoms with van der Waals surface area (Å²) in [5, 5.41) is 24.8. The van der Waals surface area contributed by atoms with Crippen LogP contribution in [0.25, 0.3) is 66.1 Å². The number of benzene rings is 6. The third-order valence-electron chi connectivity index (χ3n) is 8.16. The van der Waals surface area contributed by atoms with E-state index in [1.54, 1.807) is 12.1 Å². The molecule has 0 unspecified atom stereocenters. The fourth-order valence-electron chi connectivity index (χ4n) is 6.44. The third-order valence-corrected chi connectivity index (χ3v) is 8.16. The van der Waals surface area contributed by atoms with Crippen molar-refractivity contribution in [1.82, 2.24) is 9.13 Å². The van der Waals surface area contributed by atoms with Crippen molar-refractivity contribution in [3.63, 3.8) is 0 Å². The molecule has 0 N–H and O–H groups in total. The molecule has 0 fully saturated rings. The Balaban J connectivity index is 1.73. The SMILES string of the molecule is N#Cc1ccc(C#N)c(-c2c3c(cc4c5ccccc5n(-c5ccccc5)c24)c2ccccc2n3-c2ccccc2)c1. The molecule has 0 aliphatic rings. The van der Waals surface area contributed by atoms with Crippen molar-refractivity contribution >= 4 is 43.6 Å². The molecule has 6 aromatic carbocycles. The minimum Gasteiger partial charge on any atom is -0.309 e. The normalized spacial score (nSPS) is 11.3. The van der Waals surface area contributed by atoms with Crippen LogP contribution < -0.4 is 0 Å². The standard InChI is InChI=1S/C38H22N4/c39-23-25-19-20-26(24-40)31(21-25)36-37-32(29-15-7-9-17-34(29)41(37)27-11-3-1-4-12-27)22-33-30-16-8-10-18-35(30)42(38(33)36)28-13-5-2-6-14-28/h1-22H. The van der Waals surface area contributed by atoms with Crippen LogP contribution >= 0.6 is 0 Å². The van der Waals surface area contributed by atoms with E-state index in [1.165, 1.54) is 0 Å². The molecule has 0 bridgehead atoms. The molecule has 0 saturated heterocycles. The fraction of sp³-hybridized carbons (Fsp3) is 0. The smallest absolute Gasteiger partial charge is 0.0998 e. The number of nitrogens with zero attached hydrogens (tertiary/aromatic N) is 4. The number of aromatic nitrogens is 2. The molecule has 0 atom stereocenters. The topological polar surface area (TPSA) is 57.4 Å². The molecule has 0 spiro atoms. The third kappa shape index (κ3) is 3.33. The summed E-state index contributed by atoms with van der Waals surface area (Å²) in [6, 6.07) is 50.0. The van der Waals surface area contributed by atoms with Gasteiger partial charge in [-0.15, -0.1) is 0 Å². The largest absolute Gasteiger partial charge is 0.309 e. The zero-order valence-corrected chi connectivity index (χ0v) is 22.5. The van der Waals surface area contributed by atoms with Crippen molar-refractivity contribution < 1.29 is 0 Å². The van der Waals surface area contributed by atoms with Gasteiger partial charge in [-0.3, -0.25) is 0 Å². The minimum absolute atomic E-state index is 0.513. The van der Waals surface area contributed by atoms with Gasteiger partial charge in [0.2, 0.25) is 0 Å². The van der Waals surface area contributed by atoms with Gasteiger partial charge in [0, 0.05) is 44.0 Å². The maximum Gasteiger partial charge on any atom is 0.0998 e. The number of para-hydroxylation sites is 4. The van der Waals surface area contributed by atoms with Gasteiger partial charge in [-0.1, -0.05) is 72.8 Å². The van der Waals surface area contributed by atoms with Gasteiger partial charge in [-0.2, -0.15) is 10.5 Å². The number of hydrogen-bond donors (Lipinski definition) is 0. The Morgan fingerprint density at radius 1 is 0.452 bits per heavy atom. The highest BCUT2D eigenvalue weighted by Crippen LogP contribution is 2.47. The second-order valence-electron chi connectivity index (χ2n) is 10.4. The average Bonchev–Trinajstić information content (AvgIpc) is 3.57. The van der Waals surface area contributed by atoms with Crippen LogP contribution in [0.2, 0.25) is 0 Å². The Morgan fingerprint density at radius 2 is 0.952 bits per heavy atom. The van der Waals surface area contributed by atoms with Crippen molar-refractivity contribution in [2.24, 2.45) is 0 Å². The molecule has 42 heavy (non-hydrogen) atoms. The summed E-state index contributed by atoms with van der Waals surface area (Å²) < 4.78 is 4.60. The highest BCUT2D eigenvalue weighted by atomic mass is 15.0. The van der Waals surface area contributed by atoms with Crippen LogP contribution in [0.15, 0.2) is 133 Å². The lowest BCUT2D eigenvalue weighted by Gasteiger charge is -2.17. The second-order valence-corrected chi connectivity index (χ2v) is 10.4. The highest BCUT2D eigenvalue weighted by molar-refractivity contribution is 6.26. The van der Waals surface area contributed by atoms with E-state index in [9.17, 15) is 10.5 Å². The Labute approximate surface area is 242 Å². The predicted octanol–water partition coefficient (Wildman–Crippen LogP) is 9.29. The Kier molecular flexibility index (Phi) is 5.22. The first-order chi connectivity index (χ1) is 20.8. The van der Waals surface area contributed by atoms with E-state index in [4.69, 9.17) is 0 Å². The molecular weight excluding hydrogens is 512 g/mol. The Morgan fingerprint density at radius 3 is 1.45 bits per heavy atom. The van der Waals surface area contributed by atoms with E-state index >= 15 is 0 Å². The van der Waals surface area contributed by atoms with Crippen LogP contribution in [0.1, 0.15) is 11.1 Å². The van der Waals surface area contributed by atoms with Crippen molar-refractivity contribution in [1.29, 1.82) is 10.5 Å². The zero-order chi connectivity index (χ0) is 28.2. The summed E-state index contributed by atoms with van der Waals surface area (Å²) >= 11 is 0. The second kappa shape index (κ2) is 9.24. The first-order valence-electron chi connectivity index (χ1n) is 13.8. The van der Waals surface area contributed by atoms with Gasteiger partial charge in [0.05, 0.1) is 45.3 Å². The lowest BCUT2D eigenvalue weighted by atomic mass is 9.93.